The number of benzene rings is 4. The quantitative estimate of drug-likeness (QED) is 0.0394. The maximum atomic E-state index is 13.1. The highest BCUT2D eigenvalue weighted by atomic mass is 35.5. The minimum absolute atomic E-state index is 0.208. The molecule has 292 valence electrons. The Bertz CT molecular complexity index is 1880. The molecule has 0 radical (unpaired) electrons. The summed E-state index contributed by atoms with van der Waals surface area (Å²) in [5, 5.41) is 0.604. The van der Waals surface area contributed by atoms with Gasteiger partial charge in [0, 0.05) is 17.0 Å². The van der Waals surface area contributed by atoms with Gasteiger partial charge in [-0.15, -0.1) is 0 Å². The molecule has 7 nitrogen and oxygen atoms in total. The molecular formula is C47H55ClO7. The van der Waals surface area contributed by atoms with Crippen molar-refractivity contribution in [2.75, 3.05) is 33.0 Å². The summed E-state index contributed by atoms with van der Waals surface area (Å²) in [6.45, 7) is 8.23. The van der Waals surface area contributed by atoms with Gasteiger partial charge in [0.05, 0.1) is 37.6 Å². The standard InChI is InChI=1S/C47H55ClO7/c1-3-4-5-6-7-8-11-14-34-15-16-36(30-44(34)48)46(50)55-41-22-24-43-38(29-41)27-37-28-40(21-23-42(37)43)54-45(49)35-17-19-39(20-18-35)53-26-13-10-9-12-25-51-31-47(2)32-52-33-47/h15-24,28-30H,3-14,25-27,31-33H2,1-2H3. The van der Waals surface area contributed by atoms with Crippen molar-refractivity contribution in [1.29, 1.82) is 0 Å². The summed E-state index contributed by atoms with van der Waals surface area (Å²) in [6, 6.07) is 23.9. The normalized spacial score (nSPS) is 13.8. The van der Waals surface area contributed by atoms with Gasteiger partial charge < -0.3 is 23.7 Å². The number of esters is 2. The molecule has 1 aliphatic heterocycles. The van der Waals surface area contributed by atoms with Crippen molar-refractivity contribution in [2.45, 2.75) is 97.3 Å². The molecule has 8 heteroatoms. The number of fused-ring (bicyclic) bond motifs is 3. The Labute approximate surface area is 331 Å². The molecule has 1 fully saturated rings. The molecule has 0 saturated carbocycles. The number of halogens is 1. The van der Waals surface area contributed by atoms with Crippen LogP contribution in [0, 0.1) is 5.41 Å². The summed E-state index contributed by atoms with van der Waals surface area (Å²) in [4.78, 5) is 26.1. The number of ether oxygens (including phenoxy) is 5. The molecule has 1 saturated heterocycles. The summed E-state index contributed by atoms with van der Waals surface area (Å²) in [7, 11) is 0. The lowest BCUT2D eigenvalue weighted by Crippen LogP contribution is -2.43. The predicted molar refractivity (Wildman–Crippen MR) is 218 cm³/mol. The predicted octanol–water partition coefficient (Wildman–Crippen LogP) is 11.6. The van der Waals surface area contributed by atoms with E-state index in [-0.39, 0.29) is 5.41 Å². The number of hydrogen-bond acceptors (Lipinski definition) is 7. The average Bonchev–Trinajstić information content (AvgIpc) is 3.53. The zero-order valence-corrected chi connectivity index (χ0v) is 33.2. The summed E-state index contributed by atoms with van der Waals surface area (Å²) >= 11 is 6.57. The highest BCUT2D eigenvalue weighted by Crippen LogP contribution is 2.40. The fraction of sp³-hybridized carbons (Fsp3) is 0.447. The summed E-state index contributed by atoms with van der Waals surface area (Å²) in [5.41, 5.74) is 6.38. The van der Waals surface area contributed by atoms with Gasteiger partial charge in [0.2, 0.25) is 0 Å². The van der Waals surface area contributed by atoms with E-state index in [9.17, 15) is 9.59 Å². The fourth-order valence-electron chi connectivity index (χ4n) is 7.16. The number of rotatable bonds is 22. The maximum absolute atomic E-state index is 13.1. The molecule has 1 aliphatic carbocycles. The van der Waals surface area contributed by atoms with Crippen LogP contribution in [0.5, 0.6) is 17.2 Å². The first-order chi connectivity index (χ1) is 26.8. The van der Waals surface area contributed by atoms with Crippen LogP contribution in [0.2, 0.25) is 5.02 Å². The molecule has 0 amide bonds. The second-order valence-electron chi connectivity index (χ2n) is 15.4. The van der Waals surface area contributed by atoms with Gasteiger partial charge in [-0.3, -0.25) is 0 Å². The fourth-order valence-corrected chi connectivity index (χ4v) is 7.44. The molecule has 0 N–H and O–H groups in total. The van der Waals surface area contributed by atoms with Crippen LogP contribution in [0.3, 0.4) is 0 Å². The number of aryl methyl sites for hydroxylation is 1. The van der Waals surface area contributed by atoms with E-state index in [1.807, 2.05) is 42.5 Å². The van der Waals surface area contributed by atoms with E-state index in [2.05, 4.69) is 13.8 Å². The molecule has 2 aliphatic rings. The molecule has 1 heterocycles. The molecular weight excluding hydrogens is 712 g/mol. The lowest BCUT2D eigenvalue weighted by Gasteiger charge is -2.37. The van der Waals surface area contributed by atoms with Crippen LogP contribution in [-0.4, -0.2) is 45.0 Å². The highest BCUT2D eigenvalue weighted by Gasteiger charge is 2.33. The molecule has 4 aromatic rings. The van der Waals surface area contributed by atoms with Gasteiger partial charge in [0.25, 0.3) is 0 Å². The van der Waals surface area contributed by atoms with Crippen LogP contribution in [0.15, 0.2) is 78.9 Å². The van der Waals surface area contributed by atoms with Crippen molar-refractivity contribution in [2.24, 2.45) is 5.41 Å². The second kappa shape index (κ2) is 20.1. The van der Waals surface area contributed by atoms with E-state index in [0.29, 0.717) is 40.7 Å². The Balaban J connectivity index is 0.916. The summed E-state index contributed by atoms with van der Waals surface area (Å²) in [5.74, 6) is 0.818. The monoisotopic (exact) mass is 766 g/mol. The van der Waals surface area contributed by atoms with Crippen LogP contribution in [0.4, 0.5) is 0 Å². The maximum Gasteiger partial charge on any atom is 0.343 e. The molecule has 0 spiro atoms. The van der Waals surface area contributed by atoms with Gasteiger partial charge in [0.15, 0.2) is 0 Å². The van der Waals surface area contributed by atoms with E-state index in [1.165, 1.54) is 38.5 Å². The Hall–Kier alpha value is -4.17. The molecule has 4 aromatic carbocycles. The number of carbonyl (C=O) groups excluding carboxylic acids is 2. The minimum Gasteiger partial charge on any atom is -0.494 e. The molecule has 6 rings (SSSR count). The largest absolute Gasteiger partial charge is 0.494 e. The third-order valence-corrected chi connectivity index (χ3v) is 10.8. The van der Waals surface area contributed by atoms with Crippen molar-refractivity contribution in [3.8, 4) is 28.4 Å². The van der Waals surface area contributed by atoms with Gasteiger partial charge in [-0.05, 0) is 127 Å². The third kappa shape index (κ3) is 11.7. The third-order valence-electron chi connectivity index (χ3n) is 10.5. The molecule has 55 heavy (non-hydrogen) atoms. The van der Waals surface area contributed by atoms with Crippen LogP contribution in [0.25, 0.3) is 11.1 Å². The van der Waals surface area contributed by atoms with Gasteiger partial charge >= 0.3 is 11.9 Å². The first-order valence-corrected chi connectivity index (χ1v) is 20.6. The Morgan fingerprint density at radius 1 is 0.655 bits per heavy atom. The summed E-state index contributed by atoms with van der Waals surface area (Å²) < 4.78 is 28.5. The van der Waals surface area contributed by atoms with Gasteiger partial charge in [-0.25, -0.2) is 9.59 Å². The lowest BCUT2D eigenvalue weighted by molar-refractivity contribution is -0.137. The SMILES string of the molecule is CCCCCCCCCc1ccc(C(=O)Oc2ccc3c(c2)Cc2cc(OC(=O)c4ccc(OCCCCCCOCC5(C)COC5)cc4)ccc2-3)cc1Cl. The van der Waals surface area contributed by atoms with Crippen molar-refractivity contribution in [3.63, 3.8) is 0 Å². The lowest BCUT2D eigenvalue weighted by atomic mass is 9.90. The van der Waals surface area contributed by atoms with E-state index < -0.39 is 11.9 Å². The average molecular weight is 767 g/mol. The van der Waals surface area contributed by atoms with E-state index >= 15 is 0 Å². The van der Waals surface area contributed by atoms with Crippen LogP contribution in [-0.2, 0) is 22.3 Å². The van der Waals surface area contributed by atoms with Crippen molar-refractivity contribution in [1.82, 2.24) is 0 Å². The minimum atomic E-state index is -0.439. The van der Waals surface area contributed by atoms with Crippen molar-refractivity contribution in [3.05, 3.63) is 112 Å². The number of hydrogen-bond donors (Lipinski definition) is 0. The van der Waals surface area contributed by atoms with Crippen LogP contribution in [0.1, 0.15) is 122 Å². The first-order valence-electron chi connectivity index (χ1n) is 20.2. The molecule has 0 aromatic heterocycles. The topological polar surface area (TPSA) is 80.3 Å². The number of carbonyl (C=O) groups is 2. The molecule has 0 bridgehead atoms. The van der Waals surface area contributed by atoms with Gasteiger partial charge in [0.1, 0.15) is 17.2 Å². The van der Waals surface area contributed by atoms with Crippen molar-refractivity contribution < 1.29 is 33.3 Å². The van der Waals surface area contributed by atoms with Crippen molar-refractivity contribution >= 4 is 23.5 Å². The highest BCUT2D eigenvalue weighted by molar-refractivity contribution is 6.31. The zero-order chi connectivity index (χ0) is 38.5. The van der Waals surface area contributed by atoms with Crippen LogP contribution >= 0.6 is 11.6 Å². The van der Waals surface area contributed by atoms with E-state index in [4.69, 9.17) is 35.3 Å². The van der Waals surface area contributed by atoms with Crippen LogP contribution < -0.4 is 14.2 Å². The van der Waals surface area contributed by atoms with Gasteiger partial charge in [-0.2, -0.15) is 0 Å². The molecule has 0 unspecified atom stereocenters. The van der Waals surface area contributed by atoms with E-state index in [0.717, 1.165) is 98.5 Å². The molecule has 0 atom stereocenters. The summed E-state index contributed by atoms with van der Waals surface area (Å²) in [6.07, 6.45) is 14.5. The Kier molecular flexibility index (Phi) is 14.8. The first kappa shape index (κ1) is 40.5. The smallest absolute Gasteiger partial charge is 0.343 e. The van der Waals surface area contributed by atoms with E-state index in [1.54, 1.807) is 36.4 Å². The zero-order valence-electron chi connectivity index (χ0n) is 32.5. The Morgan fingerprint density at radius 2 is 1.22 bits per heavy atom. The second-order valence-corrected chi connectivity index (χ2v) is 15.8. The van der Waals surface area contributed by atoms with Gasteiger partial charge in [-0.1, -0.05) is 88.6 Å². The number of unbranched alkanes of at least 4 members (excludes halogenated alkanes) is 9. The Morgan fingerprint density at radius 3 is 1.84 bits per heavy atom.